The van der Waals surface area contributed by atoms with Crippen molar-refractivity contribution in [1.82, 2.24) is 0 Å². The Bertz CT molecular complexity index is 799. The molecule has 2 nitrogen and oxygen atoms in total. The van der Waals surface area contributed by atoms with Gasteiger partial charge in [0.2, 0.25) is 0 Å². The molecule has 1 aliphatic heterocycles. The third-order valence-corrected chi connectivity index (χ3v) is 4.65. The summed E-state index contributed by atoms with van der Waals surface area (Å²) in [7, 11) is 0. The fourth-order valence-corrected chi connectivity index (χ4v) is 3.63. The van der Waals surface area contributed by atoms with Gasteiger partial charge in [-0.25, -0.2) is 0 Å². The number of anilines is 1. The fourth-order valence-electron chi connectivity index (χ4n) is 3.63. The summed E-state index contributed by atoms with van der Waals surface area (Å²) in [5, 5.41) is 7.10. The molecule has 0 atom stereocenters. The third-order valence-electron chi connectivity index (χ3n) is 4.65. The van der Waals surface area contributed by atoms with Crippen molar-refractivity contribution >= 4 is 11.4 Å². The number of rotatable bonds is 3. The molecule has 0 fully saturated rings. The topological polar surface area (TPSA) is 15.6 Å². The first kappa shape index (κ1) is 14.7. The number of hydrazone groups is 1. The monoisotopic (exact) mass is 312 g/mol. The van der Waals surface area contributed by atoms with Crippen LogP contribution in [0.15, 0.2) is 96.1 Å². The Morgan fingerprint density at radius 1 is 0.708 bits per heavy atom. The Balaban J connectivity index is 1.97. The molecule has 0 amide bonds. The molecule has 0 aromatic heterocycles. The van der Waals surface area contributed by atoms with Crippen LogP contribution >= 0.6 is 0 Å². The van der Waals surface area contributed by atoms with Crippen molar-refractivity contribution in [1.29, 1.82) is 0 Å². The zero-order valence-corrected chi connectivity index (χ0v) is 13.8. The zero-order valence-electron chi connectivity index (χ0n) is 13.8. The van der Waals surface area contributed by atoms with Crippen molar-refractivity contribution in [3.05, 3.63) is 102 Å². The molecule has 0 saturated heterocycles. The normalized spacial score (nSPS) is 16.0. The maximum Gasteiger partial charge on any atom is 0.118 e. The largest absolute Gasteiger partial charge is 0.250 e. The lowest BCUT2D eigenvalue weighted by atomic mass is 9.79. The van der Waals surface area contributed by atoms with E-state index in [1.807, 2.05) is 6.07 Å². The van der Waals surface area contributed by atoms with Crippen LogP contribution in [0.25, 0.3) is 0 Å². The average molecular weight is 312 g/mol. The van der Waals surface area contributed by atoms with Crippen LogP contribution in [0, 0.1) is 0 Å². The Morgan fingerprint density at radius 2 is 1.17 bits per heavy atom. The molecular formula is C22H20N2. The van der Waals surface area contributed by atoms with Crippen molar-refractivity contribution in [2.45, 2.75) is 18.9 Å². The smallest absolute Gasteiger partial charge is 0.118 e. The quantitative estimate of drug-likeness (QED) is 0.647. The van der Waals surface area contributed by atoms with Crippen LogP contribution in [-0.4, -0.2) is 5.71 Å². The number of hydrogen-bond acceptors (Lipinski definition) is 2. The highest BCUT2D eigenvalue weighted by atomic mass is 15.5. The van der Waals surface area contributed by atoms with Gasteiger partial charge >= 0.3 is 0 Å². The molecule has 0 radical (unpaired) electrons. The van der Waals surface area contributed by atoms with E-state index >= 15 is 0 Å². The Morgan fingerprint density at radius 3 is 1.67 bits per heavy atom. The van der Waals surface area contributed by atoms with Gasteiger partial charge < -0.3 is 0 Å². The van der Waals surface area contributed by atoms with Gasteiger partial charge in [0.1, 0.15) is 5.54 Å². The van der Waals surface area contributed by atoms with Crippen LogP contribution in [0.1, 0.15) is 24.5 Å². The summed E-state index contributed by atoms with van der Waals surface area (Å²) < 4.78 is 0. The van der Waals surface area contributed by atoms with Gasteiger partial charge in [0.25, 0.3) is 0 Å². The van der Waals surface area contributed by atoms with Gasteiger partial charge in [-0.2, -0.15) is 5.10 Å². The zero-order chi connectivity index (χ0) is 16.4. The Kier molecular flexibility index (Phi) is 3.66. The highest BCUT2D eigenvalue weighted by Crippen LogP contribution is 2.45. The molecule has 118 valence electrons. The molecule has 0 aliphatic carbocycles. The lowest BCUT2D eigenvalue weighted by Gasteiger charge is -2.39. The van der Waals surface area contributed by atoms with E-state index in [1.54, 1.807) is 0 Å². The second kappa shape index (κ2) is 5.97. The van der Waals surface area contributed by atoms with E-state index in [2.05, 4.69) is 96.9 Å². The summed E-state index contributed by atoms with van der Waals surface area (Å²) in [5.41, 5.74) is 4.49. The van der Waals surface area contributed by atoms with Gasteiger partial charge in [0.05, 0.1) is 5.69 Å². The summed E-state index contributed by atoms with van der Waals surface area (Å²) >= 11 is 0. The molecule has 3 aromatic carbocycles. The van der Waals surface area contributed by atoms with Crippen LogP contribution in [0.3, 0.4) is 0 Å². The Hall–Kier alpha value is -2.87. The average Bonchev–Trinajstić information content (AvgIpc) is 3.02. The maximum atomic E-state index is 4.92. The Labute approximate surface area is 143 Å². The second-order valence-corrected chi connectivity index (χ2v) is 6.25. The molecular weight excluding hydrogens is 292 g/mol. The van der Waals surface area contributed by atoms with E-state index in [0.29, 0.717) is 0 Å². The van der Waals surface area contributed by atoms with E-state index in [1.165, 1.54) is 11.1 Å². The number of nitrogens with zero attached hydrogens (tertiary/aromatic N) is 2. The van der Waals surface area contributed by atoms with E-state index in [4.69, 9.17) is 5.10 Å². The van der Waals surface area contributed by atoms with Crippen molar-refractivity contribution in [3.8, 4) is 0 Å². The second-order valence-electron chi connectivity index (χ2n) is 6.25. The van der Waals surface area contributed by atoms with Gasteiger partial charge in [0, 0.05) is 12.1 Å². The van der Waals surface area contributed by atoms with E-state index in [9.17, 15) is 0 Å². The molecule has 1 heterocycles. The highest BCUT2D eigenvalue weighted by Gasteiger charge is 2.45. The first-order chi connectivity index (χ1) is 11.8. The summed E-state index contributed by atoms with van der Waals surface area (Å²) in [6.45, 7) is 2.11. The van der Waals surface area contributed by atoms with Crippen molar-refractivity contribution in [3.63, 3.8) is 0 Å². The van der Waals surface area contributed by atoms with Crippen LogP contribution in [0.4, 0.5) is 5.69 Å². The summed E-state index contributed by atoms with van der Waals surface area (Å²) in [6, 6.07) is 31.8. The van der Waals surface area contributed by atoms with E-state index in [-0.39, 0.29) is 5.54 Å². The molecule has 24 heavy (non-hydrogen) atoms. The van der Waals surface area contributed by atoms with Crippen molar-refractivity contribution in [2.75, 3.05) is 5.01 Å². The molecule has 0 spiro atoms. The van der Waals surface area contributed by atoms with Gasteiger partial charge in [0.15, 0.2) is 0 Å². The van der Waals surface area contributed by atoms with E-state index in [0.717, 1.165) is 17.8 Å². The molecule has 0 bridgehead atoms. The van der Waals surface area contributed by atoms with Gasteiger partial charge in [-0.15, -0.1) is 0 Å². The predicted octanol–water partition coefficient (Wildman–Crippen LogP) is 5.22. The predicted molar refractivity (Wildman–Crippen MR) is 100 cm³/mol. The lowest BCUT2D eigenvalue weighted by molar-refractivity contribution is 0.533. The van der Waals surface area contributed by atoms with Crippen molar-refractivity contribution in [2.24, 2.45) is 5.10 Å². The minimum atomic E-state index is -0.298. The molecule has 4 rings (SSSR count). The first-order valence-electron chi connectivity index (χ1n) is 8.31. The third kappa shape index (κ3) is 2.31. The SMILES string of the molecule is CC1=NN(c2ccccc2)C(c2ccccc2)(c2ccccc2)C1. The number of benzene rings is 3. The molecule has 1 aliphatic rings. The molecule has 2 heteroatoms. The van der Waals surface area contributed by atoms with E-state index < -0.39 is 0 Å². The minimum absolute atomic E-state index is 0.298. The van der Waals surface area contributed by atoms with Crippen LogP contribution in [-0.2, 0) is 5.54 Å². The number of hydrogen-bond donors (Lipinski definition) is 0. The molecule has 0 N–H and O–H groups in total. The number of para-hydroxylation sites is 1. The minimum Gasteiger partial charge on any atom is -0.250 e. The summed E-state index contributed by atoms with van der Waals surface area (Å²) in [5.74, 6) is 0. The van der Waals surface area contributed by atoms with Crippen LogP contribution in [0.2, 0.25) is 0 Å². The molecule has 3 aromatic rings. The lowest BCUT2D eigenvalue weighted by Crippen LogP contribution is -2.41. The van der Waals surface area contributed by atoms with Gasteiger partial charge in [-0.1, -0.05) is 78.9 Å². The highest BCUT2D eigenvalue weighted by molar-refractivity contribution is 5.89. The fraction of sp³-hybridized carbons (Fsp3) is 0.136. The van der Waals surface area contributed by atoms with Crippen molar-refractivity contribution < 1.29 is 0 Å². The first-order valence-corrected chi connectivity index (χ1v) is 8.31. The summed E-state index contributed by atoms with van der Waals surface area (Å²) in [4.78, 5) is 0. The molecule has 0 saturated carbocycles. The standard InChI is InChI=1S/C22H20N2/c1-18-17-22(19-11-5-2-6-12-19,20-13-7-3-8-14-20)24(23-18)21-15-9-4-10-16-21/h2-16H,17H2,1H3. The van der Waals surface area contributed by atoms with Crippen LogP contribution in [0.5, 0.6) is 0 Å². The van der Waals surface area contributed by atoms with Gasteiger partial charge in [-0.05, 0) is 30.2 Å². The van der Waals surface area contributed by atoms with Gasteiger partial charge in [-0.3, -0.25) is 5.01 Å². The maximum absolute atomic E-state index is 4.92. The molecule has 0 unspecified atom stereocenters. The summed E-state index contributed by atoms with van der Waals surface area (Å²) in [6.07, 6.45) is 0.885. The van der Waals surface area contributed by atoms with Crippen LogP contribution < -0.4 is 5.01 Å².